The highest BCUT2D eigenvalue weighted by Gasteiger charge is 2.41. The lowest BCUT2D eigenvalue weighted by atomic mass is 10.1. The number of fused-ring (bicyclic) bond motifs is 1. The molecule has 2 heterocycles. The molecule has 0 aliphatic carbocycles. The highest BCUT2D eigenvalue weighted by molar-refractivity contribution is 6.22. The molecule has 0 bridgehead atoms. The number of aryl methyl sites for hydroxylation is 2. The Balaban J connectivity index is 1.71. The minimum absolute atomic E-state index is 0.0131. The molecule has 0 spiro atoms. The molecule has 0 radical (unpaired) electrons. The van der Waals surface area contributed by atoms with E-state index in [1.807, 2.05) is 26.0 Å². The van der Waals surface area contributed by atoms with Crippen molar-refractivity contribution < 1.29 is 19.5 Å². The number of nitrogens with zero attached hydrogens (tertiary/aromatic N) is 3. The van der Waals surface area contributed by atoms with Crippen molar-refractivity contribution >= 4 is 34.5 Å². The van der Waals surface area contributed by atoms with Gasteiger partial charge in [0, 0.05) is 0 Å². The lowest BCUT2D eigenvalue weighted by Crippen LogP contribution is -2.31. The van der Waals surface area contributed by atoms with Crippen LogP contribution < -0.4 is 10.0 Å². The first-order valence-electron chi connectivity index (χ1n) is 8.49. The van der Waals surface area contributed by atoms with Crippen LogP contribution >= 0.6 is 0 Å². The molecule has 1 aliphatic rings. The molecule has 1 fully saturated rings. The second-order valence-electron chi connectivity index (χ2n) is 6.70. The van der Waals surface area contributed by atoms with Gasteiger partial charge in [0.05, 0.1) is 35.4 Å². The number of rotatable bonds is 3. The van der Waals surface area contributed by atoms with Crippen molar-refractivity contribution in [2.45, 2.75) is 26.3 Å². The summed E-state index contributed by atoms with van der Waals surface area (Å²) in [5, 5.41) is 10.9. The molecule has 136 valence electrons. The van der Waals surface area contributed by atoms with Gasteiger partial charge in [0.1, 0.15) is 6.04 Å². The Hall–Kier alpha value is -3.48. The number of hydrogen-bond acceptors (Lipinski definition) is 5. The van der Waals surface area contributed by atoms with Crippen molar-refractivity contribution in [1.82, 2.24) is 9.55 Å². The van der Waals surface area contributed by atoms with E-state index in [0.717, 1.165) is 27.1 Å². The number of carboxylic acids is 1. The highest BCUT2D eigenvalue weighted by atomic mass is 16.4. The fourth-order valence-electron chi connectivity index (χ4n) is 3.38. The van der Waals surface area contributed by atoms with Gasteiger partial charge in [-0.05, 0) is 54.8 Å². The quantitative estimate of drug-likeness (QED) is 0.658. The number of carboxylic acid groups (broad SMARTS) is 1. The van der Waals surface area contributed by atoms with Crippen LogP contribution in [0.15, 0.2) is 42.7 Å². The second-order valence-corrected chi connectivity index (χ2v) is 6.70. The average molecular weight is 362 g/mol. The van der Waals surface area contributed by atoms with E-state index in [1.54, 1.807) is 10.9 Å². The number of hydrogen-bond donors (Lipinski definition) is 0. The molecule has 7 nitrogen and oxygen atoms in total. The lowest BCUT2D eigenvalue weighted by Gasteiger charge is -2.16. The molecule has 1 aromatic heterocycles. The van der Waals surface area contributed by atoms with E-state index < -0.39 is 12.0 Å². The summed E-state index contributed by atoms with van der Waals surface area (Å²) in [6.07, 6.45) is 1.61. The summed E-state index contributed by atoms with van der Waals surface area (Å²) in [6.45, 7) is 3.98. The summed E-state index contributed by atoms with van der Waals surface area (Å²) in [7, 11) is 0. The number of carbonyl (C=O) groups is 3. The SMILES string of the molecule is Cc1cc2ncn([C@H]3CC(=O)N(c4ccc(C(=O)[O-])cc4)C3=O)c2cc1C. The van der Waals surface area contributed by atoms with Crippen molar-refractivity contribution in [2.24, 2.45) is 0 Å². The van der Waals surface area contributed by atoms with E-state index in [0.29, 0.717) is 5.69 Å². The van der Waals surface area contributed by atoms with E-state index in [1.165, 1.54) is 24.3 Å². The molecule has 1 aliphatic heterocycles. The summed E-state index contributed by atoms with van der Waals surface area (Å²) in [5.74, 6) is -2.01. The van der Waals surface area contributed by atoms with Crippen molar-refractivity contribution in [2.75, 3.05) is 4.90 Å². The van der Waals surface area contributed by atoms with E-state index >= 15 is 0 Å². The van der Waals surface area contributed by atoms with E-state index in [9.17, 15) is 19.5 Å². The van der Waals surface area contributed by atoms with Gasteiger partial charge in [0.25, 0.3) is 5.91 Å². The van der Waals surface area contributed by atoms with Crippen molar-refractivity contribution in [3.05, 3.63) is 59.4 Å². The highest BCUT2D eigenvalue weighted by Crippen LogP contribution is 2.32. The maximum Gasteiger partial charge on any atom is 0.257 e. The van der Waals surface area contributed by atoms with Crippen molar-refractivity contribution in [3.63, 3.8) is 0 Å². The molecule has 1 saturated heterocycles. The van der Waals surface area contributed by atoms with Gasteiger partial charge < -0.3 is 14.5 Å². The standard InChI is InChI=1S/C20H17N3O4/c1-11-7-15-16(8-12(11)2)22(10-21-15)17-9-18(24)23(19(17)25)14-5-3-13(4-6-14)20(26)27/h3-8,10,17H,9H2,1-2H3,(H,26,27)/p-1/t17-/m0/s1. The molecule has 2 aromatic carbocycles. The largest absolute Gasteiger partial charge is 0.545 e. The van der Waals surface area contributed by atoms with E-state index in [4.69, 9.17) is 0 Å². The van der Waals surface area contributed by atoms with Crippen molar-refractivity contribution in [1.29, 1.82) is 0 Å². The topological polar surface area (TPSA) is 95.3 Å². The molecule has 2 amide bonds. The number of benzene rings is 2. The predicted molar refractivity (Wildman–Crippen MR) is 96.1 cm³/mol. The summed E-state index contributed by atoms with van der Waals surface area (Å²) < 4.78 is 1.73. The fourth-order valence-corrected chi connectivity index (χ4v) is 3.38. The second kappa shape index (κ2) is 6.05. The Kier molecular flexibility index (Phi) is 3.80. The maximum atomic E-state index is 13.0. The normalized spacial score (nSPS) is 17.1. The van der Waals surface area contributed by atoms with Crippen LogP contribution in [0.25, 0.3) is 11.0 Å². The Morgan fingerprint density at radius 3 is 2.44 bits per heavy atom. The Morgan fingerprint density at radius 1 is 1.11 bits per heavy atom. The lowest BCUT2D eigenvalue weighted by molar-refractivity contribution is -0.255. The zero-order chi connectivity index (χ0) is 19.3. The molecule has 0 saturated carbocycles. The molecule has 1 atom stereocenters. The van der Waals surface area contributed by atoms with Crippen LogP contribution in [-0.4, -0.2) is 27.3 Å². The monoisotopic (exact) mass is 362 g/mol. The Labute approximate surface area is 154 Å². The third-order valence-electron chi connectivity index (χ3n) is 5.01. The summed E-state index contributed by atoms with van der Waals surface area (Å²) >= 11 is 0. The van der Waals surface area contributed by atoms with Gasteiger partial charge in [-0.3, -0.25) is 9.59 Å². The smallest absolute Gasteiger partial charge is 0.257 e. The molecular formula is C20H16N3O4-. The van der Waals surface area contributed by atoms with Gasteiger partial charge in [-0.25, -0.2) is 9.88 Å². The van der Waals surface area contributed by atoms with Crippen LogP contribution in [0.2, 0.25) is 0 Å². The molecule has 0 N–H and O–H groups in total. The Morgan fingerprint density at radius 2 is 1.78 bits per heavy atom. The third-order valence-corrected chi connectivity index (χ3v) is 5.01. The summed E-state index contributed by atoms with van der Waals surface area (Å²) in [6, 6.07) is 8.75. The molecule has 0 unspecified atom stereocenters. The summed E-state index contributed by atoms with van der Waals surface area (Å²) in [5.41, 5.74) is 4.09. The van der Waals surface area contributed by atoms with E-state index in [-0.39, 0.29) is 23.8 Å². The first kappa shape index (κ1) is 17.0. The van der Waals surface area contributed by atoms with Crippen LogP contribution in [0.1, 0.15) is 33.9 Å². The van der Waals surface area contributed by atoms with Gasteiger partial charge in [-0.1, -0.05) is 12.1 Å². The Bertz CT molecular complexity index is 1100. The number of anilines is 1. The van der Waals surface area contributed by atoms with Gasteiger partial charge in [-0.15, -0.1) is 0 Å². The van der Waals surface area contributed by atoms with Crippen LogP contribution in [-0.2, 0) is 9.59 Å². The predicted octanol–water partition coefficient (Wildman–Crippen LogP) is 1.52. The minimum atomic E-state index is -1.31. The zero-order valence-corrected chi connectivity index (χ0v) is 14.8. The maximum absolute atomic E-state index is 13.0. The summed E-state index contributed by atoms with van der Waals surface area (Å²) in [4.78, 5) is 41.8. The molecule has 27 heavy (non-hydrogen) atoms. The minimum Gasteiger partial charge on any atom is -0.545 e. The number of aromatic carboxylic acids is 1. The molecule has 3 aromatic rings. The number of amides is 2. The zero-order valence-electron chi connectivity index (χ0n) is 14.8. The van der Waals surface area contributed by atoms with Crippen molar-refractivity contribution in [3.8, 4) is 0 Å². The molecule has 4 rings (SSSR count). The fraction of sp³-hybridized carbons (Fsp3) is 0.200. The van der Waals surface area contributed by atoms with Gasteiger partial charge in [-0.2, -0.15) is 0 Å². The average Bonchev–Trinajstić information content (AvgIpc) is 3.15. The third kappa shape index (κ3) is 2.68. The van der Waals surface area contributed by atoms with Gasteiger partial charge in [0.15, 0.2) is 0 Å². The van der Waals surface area contributed by atoms with Crippen LogP contribution in [0.5, 0.6) is 0 Å². The number of imidazole rings is 1. The number of carbonyl (C=O) groups excluding carboxylic acids is 3. The van der Waals surface area contributed by atoms with Crippen LogP contribution in [0.3, 0.4) is 0 Å². The van der Waals surface area contributed by atoms with Gasteiger partial charge >= 0.3 is 0 Å². The van der Waals surface area contributed by atoms with Crippen LogP contribution in [0, 0.1) is 13.8 Å². The van der Waals surface area contributed by atoms with E-state index in [2.05, 4.69) is 4.98 Å². The first-order valence-corrected chi connectivity index (χ1v) is 8.49. The molecular weight excluding hydrogens is 346 g/mol. The van der Waals surface area contributed by atoms with Crippen LogP contribution in [0.4, 0.5) is 5.69 Å². The first-order chi connectivity index (χ1) is 12.9. The number of aromatic nitrogens is 2. The number of imide groups is 1. The van der Waals surface area contributed by atoms with Gasteiger partial charge in [0.2, 0.25) is 5.91 Å². The molecule has 7 heteroatoms.